The van der Waals surface area contributed by atoms with E-state index in [1.165, 1.54) is 23.9 Å². The molecule has 0 aliphatic rings. The molecule has 1 amide bonds. The minimum Gasteiger partial charge on any atom is -0.396 e. The number of rotatable bonds is 6. The predicted octanol–water partition coefficient (Wildman–Crippen LogP) is 1.71. The van der Waals surface area contributed by atoms with Gasteiger partial charge in [-0.3, -0.25) is 4.79 Å². The van der Waals surface area contributed by atoms with E-state index in [0.717, 1.165) is 0 Å². The second kappa shape index (κ2) is 6.61. The number of thioether (sulfide) groups is 1. The number of hydrogen-bond donors (Lipinski definition) is 2. The van der Waals surface area contributed by atoms with Crippen LogP contribution in [0.3, 0.4) is 0 Å². The molecule has 0 fully saturated rings. The van der Waals surface area contributed by atoms with Crippen LogP contribution in [0.4, 0.5) is 4.39 Å². The molecule has 5 heteroatoms. The SMILES string of the molecule is C[C@H](CO)CS[C@@H](C(N)=O)c1ccc(F)cc1. The van der Waals surface area contributed by atoms with E-state index in [-0.39, 0.29) is 18.3 Å². The Balaban J connectivity index is 2.72. The van der Waals surface area contributed by atoms with Crippen molar-refractivity contribution < 1.29 is 14.3 Å². The second-order valence-electron chi connectivity index (χ2n) is 3.96. The zero-order valence-corrected chi connectivity index (χ0v) is 10.4. The number of carbonyl (C=O) groups is 1. The monoisotopic (exact) mass is 257 g/mol. The number of primary amides is 1. The summed E-state index contributed by atoms with van der Waals surface area (Å²) in [6.07, 6.45) is 0. The van der Waals surface area contributed by atoms with E-state index in [1.54, 1.807) is 12.1 Å². The molecule has 0 saturated carbocycles. The predicted molar refractivity (Wildman–Crippen MR) is 67.0 cm³/mol. The molecule has 3 N–H and O–H groups in total. The van der Waals surface area contributed by atoms with Crippen LogP contribution in [-0.4, -0.2) is 23.4 Å². The molecule has 1 aromatic rings. The van der Waals surface area contributed by atoms with Crippen molar-refractivity contribution in [3.05, 3.63) is 35.6 Å². The Morgan fingerprint density at radius 2 is 2.06 bits per heavy atom. The third-order valence-electron chi connectivity index (χ3n) is 2.29. The van der Waals surface area contributed by atoms with Gasteiger partial charge in [0.15, 0.2) is 0 Å². The Kier molecular flexibility index (Phi) is 5.44. The third kappa shape index (κ3) is 4.36. The molecular weight excluding hydrogens is 241 g/mol. The summed E-state index contributed by atoms with van der Waals surface area (Å²) in [5.41, 5.74) is 6.01. The third-order valence-corrected chi connectivity index (χ3v) is 3.89. The molecule has 94 valence electrons. The normalized spacial score (nSPS) is 14.3. The van der Waals surface area contributed by atoms with Crippen molar-refractivity contribution in [2.24, 2.45) is 11.7 Å². The lowest BCUT2D eigenvalue weighted by Crippen LogP contribution is -2.20. The molecule has 3 nitrogen and oxygen atoms in total. The highest BCUT2D eigenvalue weighted by Gasteiger charge is 2.19. The van der Waals surface area contributed by atoms with Gasteiger partial charge in [0.1, 0.15) is 11.1 Å². The van der Waals surface area contributed by atoms with E-state index in [4.69, 9.17) is 10.8 Å². The number of amides is 1. The van der Waals surface area contributed by atoms with Crippen LogP contribution in [0.1, 0.15) is 17.7 Å². The number of nitrogens with two attached hydrogens (primary N) is 1. The first-order valence-corrected chi connectivity index (χ1v) is 6.36. The number of benzene rings is 1. The van der Waals surface area contributed by atoms with Gasteiger partial charge in [0.25, 0.3) is 0 Å². The van der Waals surface area contributed by atoms with Gasteiger partial charge in [-0.25, -0.2) is 4.39 Å². The van der Waals surface area contributed by atoms with Crippen LogP contribution in [0.5, 0.6) is 0 Å². The van der Waals surface area contributed by atoms with Gasteiger partial charge < -0.3 is 10.8 Å². The largest absolute Gasteiger partial charge is 0.396 e. The number of carbonyl (C=O) groups excluding carboxylic acids is 1. The molecule has 0 aliphatic heterocycles. The molecule has 0 spiro atoms. The lowest BCUT2D eigenvalue weighted by Gasteiger charge is -2.15. The maximum Gasteiger partial charge on any atom is 0.235 e. The maximum absolute atomic E-state index is 12.8. The van der Waals surface area contributed by atoms with Gasteiger partial charge in [0.05, 0.1) is 0 Å². The molecule has 0 radical (unpaired) electrons. The van der Waals surface area contributed by atoms with Gasteiger partial charge in [-0.05, 0) is 29.4 Å². The topological polar surface area (TPSA) is 63.3 Å². The highest BCUT2D eigenvalue weighted by molar-refractivity contribution is 8.00. The smallest absolute Gasteiger partial charge is 0.235 e. The summed E-state index contributed by atoms with van der Waals surface area (Å²) in [7, 11) is 0. The zero-order valence-electron chi connectivity index (χ0n) is 9.60. The molecule has 1 rings (SSSR count). The Morgan fingerprint density at radius 1 is 1.47 bits per heavy atom. The molecule has 1 aromatic carbocycles. The van der Waals surface area contributed by atoms with Gasteiger partial charge in [-0.1, -0.05) is 19.1 Å². The van der Waals surface area contributed by atoms with Crippen LogP contribution in [0.2, 0.25) is 0 Å². The highest BCUT2D eigenvalue weighted by Crippen LogP contribution is 2.30. The minimum absolute atomic E-state index is 0.0713. The van der Waals surface area contributed by atoms with E-state index < -0.39 is 11.2 Å². The zero-order chi connectivity index (χ0) is 12.8. The van der Waals surface area contributed by atoms with Crippen LogP contribution < -0.4 is 5.73 Å². The van der Waals surface area contributed by atoms with Crippen LogP contribution in [0.25, 0.3) is 0 Å². The summed E-state index contributed by atoms with van der Waals surface area (Å²) in [6.45, 7) is 1.96. The van der Waals surface area contributed by atoms with Crippen molar-refractivity contribution in [1.82, 2.24) is 0 Å². The van der Waals surface area contributed by atoms with Crippen LogP contribution in [0.15, 0.2) is 24.3 Å². The molecule has 0 aromatic heterocycles. The van der Waals surface area contributed by atoms with Crippen molar-refractivity contribution in [3.63, 3.8) is 0 Å². The molecule has 0 aliphatic carbocycles. The molecule has 2 atom stereocenters. The van der Waals surface area contributed by atoms with Crippen molar-refractivity contribution in [3.8, 4) is 0 Å². The molecule has 0 unspecified atom stereocenters. The van der Waals surface area contributed by atoms with Gasteiger partial charge >= 0.3 is 0 Å². The summed E-state index contributed by atoms with van der Waals surface area (Å²) >= 11 is 1.36. The summed E-state index contributed by atoms with van der Waals surface area (Å²) in [5.74, 6) is -0.0682. The fourth-order valence-electron chi connectivity index (χ4n) is 1.29. The molecule has 0 saturated heterocycles. The van der Waals surface area contributed by atoms with Gasteiger partial charge in [-0.15, -0.1) is 11.8 Å². The first-order chi connectivity index (χ1) is 8.04. The first-order valence-electron chi connectivity index (χ1n) is 5.31. The Labute approximate surface area is 104 Å². The lowest BCUT2D eigenvalue weighted by molar-refractivity contribution is -0.117. The van der Waals surface area contributed by atoms with E-state index in [9.17, 15) is 9.18 Å². The Bertz CT molecular complexity index is 369. The van der Waals surface area contributed by atoms with Gasteiger partial charge in [-0.2, -0.15) is 0 Å². The van der Waals surface area contributed by atoms with E-state index in [1.807, 2.05) is 6.92 Å². The number of aliphatic hydroxyl groups is 1. The quantitative estimate of drug-likeness (QED) is 0.815. The molecular formula is C12H16FNO2S. The van der Waals surface area contributed by atoms with Crippen LogP contribution in [0, 0.1) is 11.7 Å². The summed E-state index contributed by atoms with van der Waals surface area (Å²) < 4.78 is 12.8. The van der Waals surface area contributed by atoms with Crippen molar-refractivity contribution in [2.75, 3.05) is 12.4 Å². The summed E-state index contributed by atoms with van der Waals surface area (Å²) in [6, 6.07) is 5.73. The van der Waals surface area contributed by atoms with Gasteiger partial charge in [0, 0.05) is 6.61 Å². The van der Waals surface area contributed by atoms with Crippen LogP contribution >= 0.6 is 11.8 Å². The summed E-state index contributed by atoms with van der Waals surface area (Å²) in [5, 5.41) is 8.42. The number of aliphatic hydroxyl groups excluding tert-OH is 1. The summed E-state index contributed by atoms with van der Waals surface area (Å²) in [4.78, 5) is 11.3. The van der Waals surface area contributed by atoms with Gasteiger partial charge in [0.2, 0.25) is 5.91 Å². The standard InChI is InChI=1S/C12H16FNO2S/c1-8(6-15)7-17-11(12(14)16)9-2-4-10(13)5-3-9/h2-5,8,11,15H,6-7H2,1H3,(H2,14,16)/t8-,11-/m1/s1. The van der Waals surface area contributed by atoms with Crippen molar-refractivity contribution >= 4 is 17.7 Å². The molecule has 0 bridgehead atoms. The van der Waals surface area contributed by atoms with E-state index >= 15 is 0 Å². The average molecular weight is 257 g/mol. The number of hydrogen-bond acceptors (Lipinski definition) is 3. The fraction of sp³-hybridized carbons (Fsp3) is 0.417. The maximum atomic E-state index is 12.8. The Hall–Kier alpha value is -1.07. The first kappa shape index (κ1) is 14.0. The van der Waals surface area contributed by atoms with Crippen LogP contribution in [-0.2, 0) is 4.79 Å². The lowest BCUT2D eigenvalue weighted by atomic mass is 10.1. The minimum atomic E-state index is -0.496. The van der Waals surface area contributed by atoms with E-state index in [2.05, 4.69) is 0 Å². The Morgan fingerprint density at radius 3 is 2.53 bits per heavy atom. The number of halogens is 1. The van der Waals surface area contributed by atoms with Crippen molar-refractivity contribution in [2.45, 2.75) is 12.2 Å². The molecule has 0 heterocycles. The highest BCUT2D eigenvalue weighted by atomic mass is 32.2. The molecule has 17 heavy (non-hydrogen) atoms. The fourth-order valence-corrected chi connectivity index (χ4v) is 2.43. The van der Waals surface area contributed by atoms with Crippen molar-refractivity contribution in [1.29, 1.82) is 0 Å². The average Bonchev–Trinajstić information content (AvgIpc) is 2.31. The van der Waals surface area contributed by atoms with E-state index in [0.29, 0.717) is 11.3 Å². The second-order valence-corrected chi connectivity index (χ2v) is 5.09.